The Labute approximate surface area is 173 Å². The molecule has 1 aliphatic rings. The number of benzene rings is 2. The highest BCUT2D eigenvalue weighted by molar-refractivity contribution is 6.33. The molecule has 1 saturated carbocycles. The molecule has 1 amide bonds. The summed E-state index contributed by atoms with van der Waals surface area (Å²) in [5, 5.41) is 6.38. The predicted molar refractivity (Wildman–Crippen MR) is 109 cm³/mol. The van der Waals surface area contributed by atoms with Gasteiger partial charge < -0.3 is 10.6 Å². The Kier molecular flexibility index (Phi) is 6.73. The predicted octanol–water partition coefficient (Wildman–Crippen LogP) is 6.15. The minimum absolute atomic E-state index is 0.0184. The maximum Gasteiger partial charge on any atom is 0.416 e. The molecule has 1 unspecified atom stereocenters. The van der Waals surface area contributed by atoms with Crippen molar-refractivity contribution in [3.8, 4) is 0 Å². The first-order valence-electron chi connectivity index (χ1n) is 9.73. The summed E-state index contributed by atoms with van der Waals surface area (Å²) in [7, 11) is 0. The van der Waals surface area contributed by atoms with Crippen molar-refractivity contribution in [1.82, 2.24) is 5.32 Å². The molecule has 3 rings (SSSR count). The van der Waals surface area contributed by atoms with Gasteiger partial charge in [0.15, 0.2) is 0 Å². The topological polar surface area (TPSA) is 41.1 Å². The summed E-state index contributed by atoms with van der Waals surface area (Å²) in [6.45, 7) is 2.15. The molecule has 2 aromatic carbocycles. The molecule has 29 heavy (non-hydrogen) atoms. The zero-order valence-corrected chi connectivity index (χ0v) is 16.9. The standard InChI is InChI=1S/C22H24ClF3N2O/c1-14(27-17-5-3-2-4-6-17)15-7-10-18(11-8-15)28-21(29)19-13-16(22(24,25)26)9-12-20(19)23/h2-6,9,12-15,18,27H,7-8,10-11H2,1H3,(H,28,29). The highest BCUT2D eigenvalue weighted by Gasteiger charge is 2.32. The molecule has 0 aromatic heterocycles. The van der Waals surface area contributed by atoms with Crippen LogP contribution in [0.4, 0.5) is 18.9 Å². The van der Waals surface area contributed by atoms with E-state index in [0.29, 0.717) is 12.0 Å². The minimum atomic E-state index is -4.51. The van der Waals surface area contributed by atoms with Crippen LogP contribution in [0.1, 0.15) is 48.5 Å². The van der Waals surface area contributed by atoms with Crippen molar-refractivity contribution in [1.29, 1.82) is 0 Å². The fourth-order valence-corrected chi connectivity index (χ4v) is 4.02. The smallest absolute Gasteiger partial charge is 0.382 e. The Morgan fingerprint density at radius 3 is 2.34 bits per heavy atom. The van der Waals surface area contributed by atoms with Crippen molar-refractivity contribution in [2.45, 2.75) is 50.9 Å². The normalized spacial score (nSPS) is 20.7. The lowest BCUT2D eigenvalue weighted by Gasteiger charge is -2.33. The van der Waals surface area contributed by atoms with Gasteiger partial charge in [-0.15, -0.1) is 0 Å². The van der Waals surface area contributed by atoms with Gasteiger partial charge in [0.05, 0.1) is 16.1 Å². The number of para-hydroxylation sites is 1. The van der Waals surface area contributed by atoms with Crippen LogP contribution >= 0.6 is 11.6 Å². The number of amides is 1. The van der Waals surface area contributed by atoms with Gasteiger partial charge in [0.1, 0.15) is 0 Å². The van der Waals surface area contributed by atoms with E-state index in [-0.39, 0.29) is 16.6 Å². The van der Waals surface area contributed by atoms with Crippen LogP contribution in [0.5, 0.6) is 0 Å². The van der Waals surface area contributed by atoms with E-state index < -0.39 is 17.6 Å². The van der Waals surface area contributed by atoms with Gasteiger partial charge in [0, 0.05) is 17.8 Å². The van der Waals surface area contributed by atoms with E-state index in [0.717, 1.165) is 49.6 Å². The number of alkyl halides is 3. The molecular weight excluding hydrogens is 401 g/mol. The molecular formula is C22H24ClF3N2O. The molecule has 0 spiro atoms. The molecule has 2 aromatic rings. The second-order valence-electron chi connectivity index (χ2n) is 7.58. The van der Waals surface area contributed by atoms with Gasteiger partial charge in [-0.05, 0) is 68.9 Å². The van der Waals surface area contributed by atoms with Crippen molar-refractivity contribution in [3.05, 3.63) is 64.7 Å². The highest BCUT2D eigenvalue weighted by Crippen LogP contribution is 2.32. The Morgan fingerprint density at radius 1 is 1.07 bits per heavy atom. The summed E-state index contributed by atoms with van der Waals surface area (Å²) in [5.74, 6) is -0.0829. The van der Waals surface area contributed by atoms with Crippen molar-refractivity contribution in [2.75, 3.05) is 5.32 Å². The van der Waals surface area contributed by atoms with Gasteiger partial charge in [0.2, 0.25) is 0 Å². The molecule has 0 radical (unpaired) electrons. The quantitative estimate of drug-likeness (QED) is 0.604. The van der Waals surface area contributed by atoms with E-state index in [1.165, 1.54) is 0 Å². The monoisotopic (exact) mass is 424 g/mol. The van der Waals surface area contributed by atoms with Crippen LogP contribution in [0.15, 0.2) is 48.5 Å². The Bertz CT molecular complexity index is 834. The van der Waals surface area contributed by atoms with Gasteiger partial charge in [-0.2, -0.15) is 13.2 Å². The zero-order valence-electron chi connectivity index (χ0n) is 16.1. The zero-order chi connectivity index (χ0) is 21.0. The number of hydrogen-bond donors (Lipinski definition) is 2. The molecule has 0 aliphatic heterocycles. The van der Waals surface area contributed by atoms with Crippen molar-refractivity contribution < 1.29 is 18.0 Å². The molecule has 2 N–H and O–H groups in total. The lowest BCUT2D eigenvalue weighted by molar-refractivity contribution is -0.137. The molecule has 0 bridgehead atoms. The van der Waals surface area contributed by atoms with E-state index in [9.17, 15) is 18.0 Å². The van der Waals surface area contributed by atoms with Crippen LogP contribution in [0, 0.1) is 5.92 Å². The summed E-state index contributed by atoms with van der Waals surface area (Å²) in [6, 6.07) is 13.1. The molecule has 0 saturated heterocycles. The first-order valence-corrected chi connectivity index (χ1v) is 10.1. The van der Waals surface area contributed by atoms with E-state index >= 15 is 0 Å². The average molecular weight is 425 g/mol. The molecule has 0 heterocycles. The molecule has 7 heteroatoms. The van der Waals surface area contributed by atoms with E-state index in [2.05, 4.69) is 17.6 Å². The van der Waals surface area contributed by atoms with Gasteiger partial charge in [-0.1, -0.05) is 29.8 Å². The second-order valence-corrected chi connectivity index (χ2v) is 7.98. The Balaban J connectivity index is 1.55. The van der Waals surface area contributed by atoms with Crippen LogP contribution in [0.2, 0.25) is 5.02 Å². The summed E-state index contributed by atoms with van der Waals surface area (Å²) in [4.78, 5) is 12.5. The Morgan fingerprint density at radius 2 is 1.72 bits per heavy atom. The number of nitrogens with one attached hydrogen (secondary N) is 2. The third-order valence-electron chi connectivity index (χ3n) is 5.52. The summed E-state index contributed by atoms with van der Waals surface area (Å²) >= 11 is 5.96. The summed E-state index contributed by atoms with van der Waals surface area (Å²) in [6.07, 6.45) is -1.08. The lowest BCUT2D eigenvalue weighted by Crippen LogP contribution is -2.40. The maximum atomic E-state index is 12.9. The van der Waals surface area contributed by atoms with E-state index in [1.807, 2.05) is 30.3 Å². The fourth-order valence-electron chi connectivity index (χ4n) is 3.82. The third kappa shape index (κ3) is 5.66. The van der Waals surface area contributed by atoms with E-state index in [4.69, 9.17) is 11.6 Å². The molecule has 1 aliphatic carbocycles. The van der Waals surface area contributed by atoms with Crippen molar-refractivity contribution in [3.63, 3.8) is 0 Å². The van der Waals surface area contributed by atoms with Gasteiger partial charge in [0.25, 0.3) is 5.91 Å². The fraction of sp³-hybridized carbons (Fsp3) is 0.409. The first kappa shape index (κ1) is 21.5. The van der Waals surface area contributed by atoms with Crippen LogP contribution < -0.4 is 10.6 Å². The number of carbonyl (C=O) groups excluding carboxylic acids is 1. The number of halogens is 4. The van der Waals surface area contributed by atoms with Gasteiger partial charge >= 0.3 is 6.18 Å². The Hall–Kier alpha value is -2.21. The minimum Gasteiger partial charge on any atom is -0.382 e. The summed E-state index contributed by atoms with van der Waals surface area (Å²) in [5.41, 5.74) is 0.0638. The van der Waals surface area contributed by atoms with Crippen LogP contribution in [-0.2, 0) is 6.18 Å². The largest absolute Gasteiger partial charge is 0.416 e. The van der Waals surface area contributed by atoms with E-state index in [1.54, 1.807) is 0 Å². The molecule has 3 nitrogen and oxygen atoms in total. The number of hydrogen-bond acceptors (Lipinski definition) is 2. The molecule has 156 valence electrons. The lowest BCUT2D eigenvalue weighted by atomic mass is 9.82. The highest BCUT2D eigenvalue weighted by atomic mass is 35.5. The first-order chi connectivity index (χ1) is 13.7. The average Bonchev–Trinajstić information content (AvgIpc) is 2.68. The van der Waals surface area contributed by atoms with Crippen molar-refractivity contribution in [2.24, 2.45) is 5.92 Å². The van der Waals surface area contributed by atoms with Gasteiger partial charge in [-0.3, -0.25) is 4.79 Å². The second kappa shape index (κ2) is 9.08. The summed E-state index contributed by atoms with van der Waals surface area (Å²) < 4.78 is 38.7. The molecule has 1 atom stereocenters. The van der Waals surface area contributed by atoms with Crippen LogP contribution in [0.3, 0.4) is 0 Å². The SMILES string of the molecule is CC(Nc1ccccc1)C1CCC(NC(=O)c2cc(C(F)(F)F)ccc2Cl)CC1. The van der Waals surface area contributed by atoms with Gasteiger partial charge in [-0.25, -0.2) is 0 Å². The molecule has 1 fully saturated rings. The number of rotatable bonds is 5. The third-order valence-corrected chi connectivity index (χ3v) is 5.85. The maximum absolute atomic E-state index is 12.9. The van der Waals surface area contributed by atoms with Crippen LogP contribution in [0.25, 0.3) is 0 Å². The number of carbonyl (C=O) groups is 1. The van der Waals surface area contributed by atoms with Crippen LogP contribution in [-0.4, -0.2) is 18.0 Å². The van der Waals surface area contributed by atoms with Crippen molar-refractivity contribution >= 4 is 23.2 Å². The number of anilines is 1.